The minimum atomic E-state index is -0.211. The normalized spacial score (nSPS) is 11.1. The zero-order valence-corrected chi connectivity index (χ0v) is 17.3. The minimum Gasteiger partial charge on any atom is -0.493 e. The molecule has 0 aliphatic rings. The summed E-state index contributed by atoms with van der Waals surface area (Å²) in [6.45, 7) is 5.96. The molecule has 2 aromatic carbocycles. The van der Waals surface area contributed by atoms with Crippen molar-refractivity contribution in [3.05, 3.63) is 75.3 Å². The van der Waals surface area contributed by atoms with Gasteiger partial charge in [-0.05, 0) is 42.0 Å². The molecule has 3 aromatic rings. The molecule has 0 radical (unpaired) electrons. The summed E-state index contributed by atoms with van der Waals surface area (Å²) in [6.07, 6.45) is 3.85. The predicted octanol–water partition coefficient (Wildman–Crippen LogP) is 4.18. The van der Waals surface area contributed by atoms with Crippen molar-refractivity contribution in [3.63, 3.8) is 0 Å². The zero-order chi connectivity index (χ0) is 20.1. The topological polar surface area (TPSA) is 65.7 Å². The minimum absolute atomic E-state index is 0.211. The van der Waals surface area contributed by atoms with Gasteiger partial charge < -0.3 is 9.47 Å². The monoisotopic (exact) mass is 441 g/mol. The first-order chi connectivity index (χ1) is 13.6. The lowest BCUT2D eigenvalue weighted by Gasteiger charge is -2.10. The van der Waals surface area contributed by atoms with Crippen LogP contribution in [0, 0.1) is 0 Å². The highest BCUT2D eigenvalue weighted by Crippen LogP contribution is 2.27. The number of rotatable bonds is 7. The largest absolute Gasteiger partial charge is 0.493 e. The van der Waals surface area contributed by atoms with Crippen molar-refractivity contribution in [1.82, 2.24) is 9.66 Å². The molecule has 0 aliphatic carbocycles. The van der Waals surface area contributed by atoms with E-state index in [0.29, 0.717) is 41.3 Å². The Bertz CT molecular complexity index is 1110. The van der Waals surface area contributed by atoms with Crippen molar-refractivity contribution in [1.29, 1.82) is 0 Å². The third-order valence-electron chi connectivity index (χ3n) is 4.06. The van der Waals surface area contributed by atoms with Gasteiger partial charge in [-0.15, -0.1) is 0 Å². The number of methoxy groups -OCH3 is 1. The van der Waals surface area contributed by atoms with E-state index in [0.717, 1.165) is 10.0 Å². The average molecular weight is 442 g/mol. The third kappa shape index (κ3) is 4.14. The lowest BCUT2D eigenvalue weighted by molar-refractivity contribution is 0.326. The molecule has 0 spiro atoms. The maximum Gasteiger partial charge on any atom is 0.282 e. The van der Waals surface area contributed by atoms with Gasteiger partial charge in [-0.1, -0.05) is 35.5 Å². The molecule has 1 heterocycles. The molecule has 0 amide bonds. The molecule has 28 heavy (non-hydrogen) atoms. The molecule has 3 rings (SSSR count). The molecule has 0 bridgehead atoms. The van der Waals surface area contributed by atoms with Crippen molar-refractivity contribution in [2.45, 2.75) is 13.3 Å². The van der Waals surface area contributed by atoms with Crippen LogP contribution in [0.25, 0.3) is 10.9 Å². The van der Waals surface area contributed by atoms with E-state index in [4.69, 9.17) is 9.47 Å². The first-order valence-corrected chi connectivity index (χ1v) is 9.54. The van der Waals surface area contributed by atoms with E-state index in [1.807, 2.05) is 25.1 Å². The van der Waals surface area contributed by atoms with Crippen LogP contribution in [0.1, 0.15) is 18.3 Å². The molecule has 1 aromatic heterocycles. The smallest absolute Gasteiger partial charge is 0.282 e. The molecular formula is C21H20BrN3O3. The number of halogens is 1. The van der Waals surface area contributed by atoms with Gasteiger partial charge in [-0.25, -0.2) is 4.98 Å². The van der Waals surface area contributed by atoms with Crippen molar-refractivity contribution < 1.29 is 9.47 Å². The fraction of sp³-hybridized carbons (Fsp3) is 0.190. The Labute approximate surface area is 171 Å². The second-order valence-corrected chi connectivity index (χ2v) is 6.83. The standard InChI is InChI=1S/C21H20BrN3O3/c1-4-10-28-18-9-6-14(11-19(18)27-3)13-23-25-20(5-2)24-17-8-7-15(22)12-16(17)21(25)26/h4,6-9,11-13H,1,5,10H2,2-3H3. The zero-order valence-electron chi connectivity index (χ0n) is 15.7. The third-order valence-corrected chi connectivity index (χ3v) is 4.55. The second-order valence-electron chi connectivity index (χ2n) is 5.91. The van der Waals surface area contributed by atoms with Gasteiger partial charge in [-0.3, -0.25) is 4.79 Å². The van der Waals surface area contributed by atoms with Crippen LogP contribution >= 0.6 is 15.9 Å². The summed E-state index contributed by atoms with van der Waals surface area (Å²) in [7, 11) is 1.57. The van der Waals surface area contributed by atoms with Crippen molar-refractivity contribution in [2.24, 2.45) is 5.10 Å². The van der Waals surface area contributed by atoms with Gasteiger partial charge in [0.1, 0.15) is 12.4 Å². The van der Waals surface area contributed by atoms with Gasteiger partial charge in [0.25, 0.3) is 5.56 Å². The Morgan fingerprint density at radius 3 is 2.79 bits per heavy atom. The van der Waals surface area contributed by atoms with E-state index in [2.05, 4.69) is 32.6 Å². The highest BCUT2D eigenvalue weighted by molar-refractivity contribution is 9.10. The SMILES string of the molecule is C=CCOc1ccc(C=Nn2c(CC)nc3ccc(Br)cc3c2=O)cc1OC. The first kappa shape index (κ1) is 19.8. The fourth-order valence-corrected chi connectivity index (χ4v) is 3.06. The molecule has 0 fully saturated rings. The first-order valence-electron chi connectivity index (χ1n) is 8.74. The van der Waals surface area contributed by atoms with Crippen LogP contribution in [0.2, 0.25) is 0 Å². The molecule has 0 saturated heterocycles. The number of aromatic nitrogens is 2. The number of benzene rings is 2. The van der Waals surface area contributed by atoms with E-state index < -0.39 is 0 Å². The molecule has 0 saturated carbocycles. The van der Waals surface area contributed by atoms with Crippen LogP contribution in [0.3, 0.4) is 0 Å². The van der Waals surface area contributed by atoms with E-state index in [-0.39, 0.29) is 5.56 Å². The van der Waals surface area contributed by atoms with Crippen molar-refractivity contribution in [2.75, 3.05) is 13.7 Å². The highest BCUT2D eigenvalue weighted by Gasteiger charge is 2.10. The van der Waals surface area contributed by atoms with Crippen LogP contribution in [0.5, 0.6) is 11.5 Å². The molecule has 0 atom stereocenters. The predicted molar refractivity (Wildman–Crippen MR) is 115 cm³/mol. The van der Waals surface area contributed by atoms with E-state index in [1.165, 1.54) is 4.68 Å². The van der Waals surface area contributed by atoms with Crippen LogP contribution in [0.15, 0.2) is 63.4 Å². The van der Waals surface area contributed by atoms with Crippen LogP contribution < -0.4 is 15.0 Å². The maximum atomic E-state index is 12.9. The van der Waals surface area contributed by atoms with Crippen molar-refractivity contribution >= 4 is 33.0 Å². The molecule has 6 nitrogen and oxygen atoms in total. The number of aryl methyl sites for hydroxylation is 1. The summed E-state index contributed by atoms with van der Waals surface area (Å²) < 4.78 is 13.1. The van der Waals surface area contributed by atoms with Crippen molar-refractivity contribution in [3.8, 4) is 11.5 Å². The molecule has 7 heteroatoms. The summed E-state index contributed by atoms with van der Waals surface area (Å²) in [5.41, 5.74) is 1.21. The number of ether oxygens (including phenoxy) is 2. The van der Waals surface area contributed by atoms with Gasteiger partial charge in [0, 0.05) is 10.9 Å². The maximum absolute atomic E-state index is 12.9. The molecule has 144 valence electrons. The number of hydrogen-bond acceptors (Lipinski definition) is 5. The van der Waals surface area contributed by atoms with Gasteiger partial charge in [0.05, 0.1) is 24.2 Å². The quantitative estimate of drug-likeness (QED) is 0.407. The van der Waals surface area contributed by atoms with Crippen LogP contribution in [-0.2, 0) is 6.42 Å². The molecular weight excluding hydrogens is 422 g/mol. The van der Waals surface area contributed by atoms with E-state index in [1.54, 1.807) is 37.6 Å². The summed E-state index contributed by atoms with van der Waals surface area (Å²) in [5.74, 6) is 1.78. The van der Waals surface area contributed by atoms with Crippen LogP contribution in [0.4, 0.5) is 0 Å². The summed E-state index contributed by atoms with van der Waals surface area (Å²) in [4.78, 5) is 17.5. The average Bonchev–Trinajstić information content (AvgIpc) is 2.72. The Morgan fingerprint density at radius 1 is 1.25 bits per heavy atom. The van der Waals surface area contributed by atoms with Gasteiger partial charge >= 0.3 is 0 Å². The summed E-state index contributed by atoms with van der Waals surface area (Å²) >= 11 is 3.40. The molecule has 0 unspecified atom stereocenters. The number of fused-ring (bicyclic) bond motifs is 1. The van der Waals surface area contributed by atoms with Gasteiger partial charge in [-0.2, -0.15) is 9.78 Å². The molecule has 0 N–H and O–H groups in total. The van der Waals surface area contributed by atoms with Gasteiger partial charge in [0.15, 0.2) is 11.5 Å². The van der Waals surface area contributed by atoms with Gasteiger partial charge in [0.2, 0.25) is 0 Å². The number of hydrogen-bond donors (Lipinski definition) is 0. The van der Waals surface area contributed by atoms with Crippen LogP contribution in [-0.4, -0.2) is 29.6 Å². The Balaban J connectivity index is 2.02. The summed E-state index contributed by atoms with van der Waals surface area (Å²) in [6, 6.07) is 10.9. The summed E-state index contributed by atoms with van der Waals surface area (Å²) in [5, 5.41) is 4.89. The number of nitrogens with zero attached hydrogens (tertiary/aromatic N) is 3. The highest BCUT2D eigenvalue weighted by atomic mass is 79.9. The van der Waals surface area contributed by atoms with E-state index in [9.17, 15) is 4.79 Å². The lowest BCUT2D eigenvalue weighted by atomic mass is 10.2. The second kappa shape index (κ2) is 8.84. The Kier molecular flexibility index (Phi) is 6.26. The Hall–Kier alpha value is -2.93. The lowest BCUT2D eigenvalue weighted by Crippen LogP contribution is -2.22. The van der Waals surface area contributed by atoms with E-state index >= 15 is 0 Å². The Morgan fingerprint density at radius 2 is 2.07 bits per heavy atom. The fourth-order valence-electron chi connectivity index (χ4n) is 2.70. The molecule has 0 aliphatic heterocycles.